The molecule has 0 aliphatic rings. The van der Waals surface area contributed by atoms with E-state index in [-0.39, 0.29) is 12.6 Å². The minimum Gasteiger partial charge on any atom is -0.496 e. The molecule has 0 bridgehead atoms. The maximum atomic E-state index is 9.37. The molecule has 1 atom stereocenters. The second-order valence-electron chi connectivity index (χ2n) is 4.70. The van der Waals surface area contributed by atoms with Crippen LogP contribution in [0.2, 0.25) is 0 Å². The van der Waals surface area contributed by atoms with Crippen molar-refractivity contribution in [3.8, 4) is 5.75 Å². The molecule has 3 heteroatoms. The highest BCUT2D eigenvalue weighted by atomic mass is 16.5. The van der Waals surface area contributed by atoms with Crippen LogP contribution in [0.5, 0.6) is 5.75 Å². The summed E-state index contributed by atoms with van der Waals surface area (Å²) in [4.78, 5) is 0. The molecule has 2 aromatic carbocycles. The molecule has 0 aliphatic carbocycles. The Hall–Kier alpha value is -2.00. The van der Waals surface area contributed by atoms with E-state index in [0.717, 1.165) is 17.7 Å². The number of ether oxygens (including phenoxy) is 1. The van der Waals surface area contributed by atoms with E-state index >= 15 is 0 Å². The van der Waals surface area contributed by atoms with Crippen molar-refractivity contribution in [2.24, 2.45) is 0 Å². The Morgan fingerprint density at radius 3 is 2.50 bits per heavy atom. The van der Waals surface area contributed by atoms with E-state index in [1.54, 1.807) is 7.11 Å². The molecule has 2 N–H and O–H groups in total. The highest BCUT2D eigenvalue weighted by Crippen LogP contribution is 2.27. The van der Waals surface area contributed by atoms with Gasteiger partial charge in [-0.05, 0) is 30.2 Å². The second-order valence-corrected chi connectivity index (χ2v) is 4.70. The Labute approximate surface area is 120 Å². The fraction of sp³-hybridized carbons (Fsp3) is 0.294. The Kier molecular flexibility index (Phi) is 5.02. The van der Waals surface area contributed by atoms with Crippen LogP contribution in [-0.4, -0.2) is 12.2 Å². The molecule has 0 saturated heterocycles. The SMILES string of the molecule is CC[C@@H](Nc1ccc(OC)c(CO)c1)c1ccccc1. The number of nitrogens with one attached hydrogen (secondary N) is 1. The molecule has 0 radical (unpaired) electrons. The van der Waals surface area contributed by atoms with Crippen LogP contribution in [-0.2, 0) is 6.61 Å². The van der Waals surface area contributed by atoms with Crippen molar-refractivity contribution in [2.75, 3.05) is 12.4 Å². The predicted molar refractivity (Wildman–Crippen MR) is 82.0 cm³/mol. The van der Waals surface area contributed by atoms with Gasteiger partial charge in [-0.2, -0.15) is 0 Å². The Morgan fingerprint density at radius 2 is 1.90 bits per heavy atom. The minimum absolute atomic E-state index is 0.0270. The van der Waals surface area contributed by atoms with Crippen molar-refractivity contribution in [1.29, 1.82) is 0 Å². The van der Waals surface area contributed by atoms with Crippen molar-refractivity contribution in [3.63, 3.8) is 0 Å². The first-order valence-corrected chi connectivity index (χ1v) is 6.87. The quantitative estimate of drug-likeness (QED) is 0.840. The number of aliphatic hydroxyl groups excluding tert-OH is 1. The van der Waals surface area contributed by atoms with E-state index in [1.165, 1.54) is 5.56 Å². The third-order valence-corrected chi connectivity index (χ3v) is 3.40. The Balaban J connectivity index is 2.20. The van der Waals surface area contributed by atoms with Crippen LogP contribution >= 0.6 is 0 Å². The van der Waals surface area contributed by atoms with Gasteiger partial charge in [0, 0.05) is 11.3 Å². The molecule has 0 heterocycles. The van der Waals surface area contributed by atoms with Crippen molar-refractivity contribution in [1.82, 2.24) is 0 Å². The first-order chi connectivity index (χ1) is 9.78. The molecule has 0 unspecified atom stereocenters. The largest absolute Gasteiger partial charge is 0.496 e. The molecule has 2 rings (SSSR count). The van der Waals surface area contributed by atoms with Crippen molar-refractivity contribution in [2.45, 2.75) is 26.0 Å². The van der Waals surface area contributed by atoms with Gasteiger partial charge >= 0.3 is 0 Å². The highest BCUT2D eigenvalue weighted by Gasteiger charge is 2.10. The average Bonchev–Trinajstić information content (AvgIpc) is 2.53. The summed E-state index contributed by atoms with van der Waals surface area (Å²) in [6.45, 7) is 2.13. The van der Waals surface area contributed by atoms with E-state index in [0.29, 0.717) is 5.75 Å². The smallest absolute Gasteiger partial charge is 0.124 e. The number of methoxy groups -OCH3 is 1. The monoisotopic (exact) mass is 271 g/mol. The molecule has 0 aromatic heterocycles. The number of benzene rings is 2. The topological polar surface area (TPSA) is 41.5 Å². The van der Waals surface area contributed by atoms with Gasteiger partial charge in [0.2, 0.25) is 0 Å². The van der Waals surface area contributed by atoms with E-state index in [4.69, 9.17) is 4.74 Å². The summed E-state index contributed by atoms with van der Waals surface area (Å²) in [5.74, 6) is 0.714. The fourth-order valence-corrected chi connectivity index (χ4v) is 2.30. The fourth-order valence-electron chi connectivity index (χ4n) is 2.30. The predicted octanol–water partition coefficient (Wildman–Crippen LogP) is 3.75. The summed E-state index contributed by atoms with van der Waals surface area (Å²) in [7, 11) is 1.61. The lowest BCUT2D eigenvalue weighted by atomic mass is 10.0. The minimum atomic E-state index is -0.0270. The summed E-state index contributed by atoms with van der Waals surface area (Å²) in [5.41, 5.74) is 3.04. The van der Waals surface area contributed by atoms with E-state index < -0.39 is 0 Å². The summed E-state index contributed by atoms with van der Waals surface area (Å²) < 4.78 is 5.22. The Bertz CT molecular complexity index is 540. The summed E-state index contributed by atoms with van der Waals surface area (Å²) in [5, 5.41) is 12.9. The second kappa shape index (κ2) is 6.96. The maximum absolute atomic E-state index is 9.37. The van der Waals surface area contributed by atoms with Gasteiger partial charge in [0.25, 0.3) is 0 Å². The van der Waals surface area contributed by atoms with Crippen LogP contribution in [0.3, 0.4) is 0 Å². The van der Waals surface area contributed by atoms with E-state index in [1.807, 2.05) is 36.4 Å². The van der Waals surface area contributed by atoms with Gasteiger partial charge < -0.3 is 15.2 Å². The number of rotatable bonds is 6. The van der Waals surface area contributed by atoms with Crippen LogP contribution in [0, 0.1) is 0 Å². The highest BCUT2D eigenvalue weighted by molar-refractivity contribution is 5.52. The summed E-state index contributed by atoms with van der Waals surface area (Å²) in [6, 6.07) is 16.4. The molecule has 20 heavy (non-hydrogen) atoms. The van der Waals surface area contributed by atoms with Gasteiger partial charge in [-0.25, -0.2) is 0 Å². The molecule has 0 fully saturated rings. The van der Waals surface area contributed by atoms with Gasteiger partial charge in [0.05, 0.1) is 19.8 Å². The van der Waals surface area contributed by atoms with Crippen LogP contribution in [0.1, 0.15) is 30.5 Å². The number of aliphatic hydroxyl groups is 1. The van der Waals surface area contributed by atoms with Crippen LogP contribution in [0.15, 0.2) is 48.5 Å². The van der Waals surface area contributed by atoms with Gasteiger partial charge in [-0.3, -0.25) is 0 Å². The summed E-state index contributed by atoms with van der Waals surface area (Å²) in [6.07, 6.45) is 0.991. The molecular weight excluding hydrogens is 250 g/mol. The zero-order valence-electron chi connectivity index (χ0n) is 12.0. The molecule has 0 spiro atoms. The van der Waals surface area contributed by atoms with Gasteiger partial charge in [-0.15, -0.1) is 0 Å². The first kappa shape index (κ1) is 14.4. The third kappa shape index (κ3) is 3.31. The summed E-state index contributed by atoms with van der Waals surface area (Å²) >= 11 is 0. The van der Waals surface area contributed by atoms with Crippen LogP contribution in [0.4, 0.5) is 5.69 Å². The van der Waals surface area contributed by atoms with Crippen LogP contribution in [0.25, 0.3) is 0 Å². The molecule has 2 aromatic rings. The molecular formula is C17H21NO2. The lowest BCUT2D eigenvalue weighted by Crippen LogP contribution is -2.09. The van der Waals surface area contributed by atoms with E-state index in [2.05, 4.69) is 24.4 Å². The van der Waals surface area contributed by atoms with Crippen LogP contribution < -0.4 is 10.1 Å². The molecule has 0 aliphatic heterocycles. The molecule has 3 nitrogen and oxygen atoms in total. The first-order valence-electron chi connectivity index (χ1n) is 6.87. The zero-order valence-corrected chi connectivity index (χ0v) is 12.0. The Morgan fingerprint density at radius 1 is 1.15 bits per heavy atom. The standard InChI is InChI=1S/C17H21NO2/c1-3-16(13-7-5-4-6-8-13)18-15-9-10-17(20-2)14(11-15)12-19/h4-11,16,18-19H,3,12H2,1-2H3/t16-/m1/s1. The van der Waals surface area contributed by atoms with E-state index in [9.17, 15) is 5.11 Å². The number of hydrogen-bond donors (Lipinski definition) is 2. The lowest BCUT2D eigenvalue weighted by molar-refractivity contribution is 0.274. The zero-order chi connectivity index (χ0) is 14.4. The normalized spacial score (nSPS) is 11.9. The number of hydrogen-bond acceptors (Lipinski definition) is 3. The molecule has 106 valence electrons. The van der Waals surface area contributed by atoms with Gasteiger partial charge in [-0.1, -0.05) is 37.3 Å². The molecule has 0 amide bonds. The lowest BCUT2D eigenvalue weighted by Gasteiger charge is -2.19. The third-order valence-electron chi connectivity index (χ3n) is 3.40. The maximum Gasteiger partial charge on any atom is 0.124 e. The average molecular weight is 271 g/mol. The van der Waals surface area contributed by atoms with Gasteiger partial charge in [0.1, 0.15) is 5.75 Å². The van der Waals surface area contributed by atoms with Crippen molar-refractivity contribution >= 4 is 5.69 Å². The van der Waals surface area contributed by atoms with Crippen molar-refractivity contribution in [3.05, 3.63) is 59.7 Å². The van der Waals surface area contributed by atoms with Gasteiger partial charge in [0.15, 0.2) is 0 Å². The molecule has 0 saturated carbocycles. The number of anilines is 1. The van der Waals surface area contributed by atoms with Crippen molar-refractivity contribution < 1.29 is 9.84 Å².